The Labute approximate surface area is 154 Å². The smallest absolute Gasteiger partial charge is 0.264 e. The number of allylic oxidation sites excluding steroid dienone is 2. The van der Waals surface area contributed by atoms with Gasteiger partial charge in [0.1, 0.15) is 5.82 Å². The van der Waals surface area contributed by atoms with Gasteiger partial charge in [-0.25, -0.2) is 9.38 Å². The molecule has 1 fully saturated rings. The number of thioether (sulfide) groups is 1. The molecule has 1 heterocycles. The van der Waals surface area contributed by atoms with Gasteiger partial charge in [0.2, 0.25) is 0 Å². The largest absolute Gasteiger partial charge is 0.300 e. The molecule has 3 rings (SSSR count). The van der Waals surface area contributed by atoms with Crippen molar-refractivity contribution in [1.29, 1.82) is 0 Å². The zero-order valence-electron chi connectivity index (χ0n) is 13.3. The standard InChI is InChI=1S/C19H14ClFN2OS/c1-12(9-13-5-3-2-4-6-13)10-17-18(24)23-19(25-17)22-14-7-8-16(21)15(20)11-14/h2-11H,1H3,(H,22,23,24)/b12-9+,17-10-. The fourth-order valence-electron chi connectivity index (χ4n) is 2.21. The Morgan fingerprint density at radius 3 is 2.72 bits per heavy atom. The van der Waals surface area contributed by atoms with Gasteiger partial charge in [0, 0.05) is 0 Å². The number of nitrogens with one attached hydrogen (secondary N) is 1. The number of rotatable bonds is 3. The summed E-state index contributed by atoms with van der Waals surface area (Å²) in [5.41, 5.74) is 2.50. The van der Waals surface area contributed by atoms with E-state index in [0.29, 0.717) is 15.8 Å². The molecule has 0 aliphatic carbocycles. The second-order valence-electron chi connectivity index (χ2n) is 5.38. The Morgan fingerprint density at radius 2 is 2.00 bits per heavy atom. The number of hydrogen-bond donors (Lipinski definition) is 1. The maximum atomic E-state index is 13.2. The van der Waals surface area contributed by atoms with Gasteiger partial charge in [-0.15, -0.1) is 0 Å². The molecule has 6 heteroatoms. The van der Waals surface area contributed by atoms with Crippen molar-refractivity contribution < 1.29 is 9.18 Å². The lowest BCUT2D eigenvalue weighted by molar-refractivity contribution is -0.115. The second-order valence-corrected chi connectivity index (χ2v) is 6.82. The van der Waals surface area contributed by atoms with Gasteiger partial charge >= 0.3 is 0 Å². The SMILES string of the molecule is CC(/C=C1\SC(=Nc2ccc(F)c(Cl)c2)NC1=O)=C\c1ccccc1. The first-order valence-corrected chi connectivity index (χ1v) is 8.69. The molecule has 0 unspecified atom stereocenters. The van der Waals surface area contributed by atoms with Crippen molar-refractivity contribution >= 4 is 46.2 Å². The van der Waals surface area contributed by atoms with Crippen LogP contribution in [0.1, 0.15) is 12.5 Å². The molecule has 1 N–H and O–H groups in total. The summed E-state index contributed by atoms with van der Waals surface area (Å²) < 4.78 is 13.2. The third kappa shape index (κ3) is 4.59. The van der Waals surface area contributed by atoms with Crippen molar-refractivity contribution in [3.05, 3.63) is 81.5 Å². The molecule has 126 valence electrons. The van der Waals surface area contributed by atoms with Crippen LogP contribution >= 0.6 is 23.4 Å². The summed E-state index contributed by atoms with van der Waals surface area (Å²) in [6.45, 7) is 1.93. The first-order valence-electron chi connectivity index (χ1n) is 7.49. The van der Waals surface area contributed by atoms with E-state index in [1.54, 1.807) is 0 Å². The third-order valence-corrected chi connectivity index (χ3v) is 4.54. The van der Waals surface area contributed by atoms with Crippen LogP contribution in [0.2, 0.25) is 5.02 Å². The third-order valence-electron chi connectivity index (χ3n) is 3.34. The molecule has 1 aliphatic rings. The number of carbonyl (C=O) groups excluding carboxylic acids is 1. The first-order chi connectivity index (χ1) is 12.0. The summed E-state index contributed by atoms with van der Waals surface area (Å²) in [4.78, 5) is 16.9. The maximum Gasteiger partial charge on any atom is 0.264 e. The average molecular weight is 373 g/mol. The molecule has 3 nitrogen and oxygen atoms in total. The van der Waals surface area contributed by atoms with Crippen LogP contribution in [-0.4, -0.2) is 11.1 Å². The van der Waals surface area contributed by atoms with Crippen molar-refractivity contribution in [1.82, 2.24) is 5.32 Å². The Kier molecular flexibility index (Phi) is 5.36. The van der Waals surface area contributed by atoms with Gasteiger partial charge in [-0.2, -0.15) is 0 Å². The van der Waals surface area contributed by atoms with Crippen molar-refractivity contribution in [2.45, 2.75) is 6.92 Å². The van der Waals surface area contributed by atoms with E-state index in [0.717, 1.165) is 11.1 Å². The van der Waals surface area contributed by atoms with Crippen LogP contribution < -0.4 is 5.32 Å². The van der Waals surface area contributed by atoms with Crippen molar-refractivity contribution in [3.63, 3.8) is 0 Å². The number of benzene rings is 2. The lowest BCUT2D eigenvalue weighted by atomic mass is 10.1. The molecule has 1 amide bonds. The minimum atomic E-state index is -0.504. The lowest BCUT2D eigenvalue weighted by Gasteiger charge is -1.98. The van der Waals surface area contributed by atoms with Gasteiger partial charge in [0.15, 0.2) is 5.17 Å². The predicted octanol–water partition coefficient (Wildman–Crippen LogP) is 5.32. The molecule has 0 radical (unpaired) electrons. The average Bonchev–Trinajstić information content (AvgIpc) is 2.91. The fraction of sp³-hybridized carbons (Fsp3) is 0.0526. The van der Waals surface area contributed by atoms with Crippen molar-refractivity contribution in [2.24, 2.45) is 4.99 Å². The maximum absolute atomic E-state index is 13.2. The number of carbonyl (C=O) groups is 1. The van der Waals surface area contributed by atoms with Crippen molar-refractivity contribution in [3.8, 4) is 0 Å². The molecule has 0 atom stereocenters. The minimum Gasteiger partial charge on any atom is -0.300 e. The Balaban J connectivity index is 1.79. The molecular weight excluding hydrogens is 359 g/mol. The van der Waals surface area contributed by atoms with Crippen LogP contribution in [0.3, 0.4) is 0 Å². The number of halogens is 2. The highest BCUT2D eigenvalue weighted by molar-refractivity contribution is 8.18. The number of amides is 1. The molecule has 0 bridgehead atoms. The number of amidine groups is 1. The van der Waals surface area contributed by atoms with Gasteiger partial charge in [-0.1, -0.05) is 48.0 Å². The Morgan fingerprint density at radius 1 is 1.24 bits per heavy atom. The molecule has 0 spiro atoms. The lowest BCUT2D eigenvalue weighted by Crippen LogP contribution is -2.19. The van der Waals surface area contributed by atoms with E-state index in [4.69, 9.17) is 11.6 Å². The quantitative estimate of drug-likeness (QED) is 0.741. The first kappa shape index (κ1) is 17.5. The van der Waals surface area contributed by atoms with Gasteiger partial charge in [-0.05, 0) is 54.1 Å². The highest BCUT2D eigenvalue weighted by Gasteiger charge is 2.23. The summed E-state index contributed by atoms with van der Waals surface area (Å²) in [5, 5.41) is 3.13. The minimum absolute atomic E-state index is 0.00595. The predicted molar refractivity (Wildman–Crippen MR) is 102 cm³/mol. The van der Waals surface area contributed by atoms with E-state index >= 15 is 0 Å². The van der Waals surface area contributed by atoms with Crippen molar-refractivity contribution in [2.75, 3.05) is 0 Å². The zero-order chi connectivity index (χ0) is 17.8. The Hall–Kier alpha value is -2.37. The number of hydrogen-bond acceptors (Lipinski definition) is 3. The van der Waals surface area contributed by atoms with Crippen LogP contribution in [0, 0.1) is 5.82 Å². The summed E-state index contributed by atoms with van der Waals surface area (Å²) in [5.74, 6) is -0.714. The highest BCUT2D eigenvalue weighted by atomic mass is 35.5. The number of nitrogens with zero attached hydrogens (tertiary/aromatic N) is 1. The van der Waals surface area contributed by atoms with E-state index in [-0.39, 0.29) is 10.9 Å². The fourth-order valence-corrected chi connectivity index (χ4v) is 3.28. The second kappa shape index (κ2) is 7.68. The van der Waals surface area contributed by atoms with E-state index < -0.39 is 5.82 Å². The van der Waals surface area contributed by atoms with E-state index in [1.807, 2.05) is 49.4 Å². The number of aliphatic imine (C=N–C) groups is 1. The summed E-state index contributed by atoms with van der Waals surface area (Å²) >= 11 is 6.98. The van der Waals surface area contributed by atoms with Crippen LogP contribution in [0.15, 0.2) is 70.1 Å². The molecule has 0 saturated carbocycles. The summed E-state index contributed by atoms with van der Waals surface area (Å²) in [6, 6.07) is 14.0. The molecule has 0 aromatic heterocycles. The van der Waals surface area contributed by atoms with E-state index in [2.05, 4.69) is 10.3 Å². The highest BCUT2D eigenvalue weighted by Crippen LogP contribution is 2.29. The molecule has 1 saturated heterocycles. The monoisotopic (exact) mass is 372 g/mol. The normalized spacial score (nSPS) is 18.0. The van der Waals surface area contributed by atoms with Crippen LogP contribution in [0.5, 0.6) is 0 Å². The van der Waals surface area contributed by atoms with Gasteiger partial charge in [0.05, 0.1) is 15.6 Å². The van der Waals surface area contributed by atoms with Crippen LogP contribution in [0.25, 0.3) is 6.08 Å². The molecule has 25 heavy (non-hydrogen) atoms. The topological polar surface area (TPSA) is 41.5 Å². The summed E-state index contributed by atoms with van der Waals surface area (Å²) in [6.07, 6.45) is 3.81. The van der Waals surface area contributed by atoms with E-state index in [1.165, 1.54) is 30.0 Å². The van der Waals surface area contributed by atoms with Crippen LogP contribution in [0.4, 0.5) is 10.1 Å². The summed E-state index contributed by atoms with van der Waals surface area (Å²) in [7, 11) is 0. The molecule has 2 aromatic rings. The molecule has 1 aliphatic heterocycles. The van der Waals surface area contributed by atoms with Gasteiger partial charge in [-0.3, -0.25) is 4.79 Å². The molecule has 2 aromatic carbocycles. The van der Waals surface area contributed by atoms with Gasteiger partial charge in [0.25, 0.3) is 5.91 Å². The Bertz CT molecular complexity index is 907. The zero-order valence-corrected chi connectivity index (χ0v) is 14.9. The van der Waals surface area contributed by atoms with E-state index in [9.17, 15) is 9.18 Å². The van der Waals surface area contributed by atoms with Gasteiger partial charge < -0.3 is 5.32 Å². The molecular formula is C19H14ClFN2OS. The van der Waals surface area contributed by atoms with Crippen LogP contribution in [-0.2, 0) is 4.79 Å².